The number of nitrogens with one attached hydrogen (secondary N) is 1. The maximum Gasteiger partial charge on any atom is 0.304 e. The largest absolute Gasteiger partial charge is 0.481 e. The molecule has 36 heavy (non-hydrogen) atoms. The fraction of sp³-hybridized carbons (Fsp3) is 0.250. The van der Waals surface area contributed by atoms with E-state index in [2.05, 4.69) is 28.4 Å². The highest BCUT2D eigenvalue weighted by Crippen LogP contribution is 2.31. The van der Waals surface area contributed by atoms with Crippen molar-refractivity contribution in [2.24, 2.45) is 0 Å². The van der Waals surface area contributed by atoms with Gasteiger partial charge in [-0.3, -0.25) is 4.79 Å². The number of halogens is 1. The number of rotatable bonds is 12. The summed E-state index contributed by atoms with van der Waals surface area (Å²) < 4.78 is 12.0. The van der Waals surface area contributed by atoms with Gasteiger partial charge in [-0.15, -0.1) is 0 Å². The summed E-state index contributed by atoms with van der Waals surface area (Å²) in [7, 11) is 0. The van der Waals surface area contributed by atoms with Crippen LogP contribution in [0.15, 0.2) is 77.3 Å². The van der Waals surface area contributed by atoms with Gasteiger partial charge in [-0.2, -0.15) is 4.98 Å². The summed E-state index contributed by atoms with van der Waals surface area (Å²) in [6.45, 7) is 3.13. The maximum absolute atomic E-state index is 10.6. The van der Waals surface area contributed by atoms with Crippen molar-refractivity contribution >= 4 is 17.6 Å². The first-order valence-corrected chi connectivity index (χ1v) is 12.3. The van der Waals surface area contributed by atoms with E-state index in [1.807, 2.05) is 60.7 Å². The Balaban J connectivity index is 1.54. The Morgan fingerprint density at radius 1 is 1.08 bits per heavy atom. The zero-order valence-electron chi connectivity index (χ0n) is 20.0. The first-order valence-electron chi connectivity index (χ1n) is 11.9. The predicted octanol–water partition coefficient (Wildman–Crippen LogP) is 6.08. The van der Waals surface area contributed by atoms with E-state index < -0.39 is 12.1 Å². The van der Waals surface area contributed by atoms with Gasteiger partial charge in [0.1, 0.15) is 5.75 Å². The molecule has 2 N–H and O–H groups in total. The number of aliphatic carboxylic acids is 1. The Bertz CT molecular complexity index is 1290. The molecule has 0 saturated carbocycles. The van der Waals surface area contributed by atoms with Crippen LogP contribution in [0.25, 0.3) is 11.4 Å². The van der Waals surface area contributed by atoms with E-state index in [-0.39, 0.29) is 6.42 Å². The minimum Gasteiger partial charge on any atom is -0.481 e. The lowest BCUT2D eigenvalue weighted by Crippen LogP contribution is -2.17. The highest BCUT2D eigenvalue weighted by Gasteiger charge is 2.24. The van der Waals surface area contributed by atoms with Crippen molar-refractivity contribution in [3.05, 3.63) is 100 Å². The van der Waals surface area contributed by atoms with Crippen molar-refractivity contribution in [3.8, 4) is 17.1 Å². The van der Waals surface area contributed by atoms with Crippen molar-refractivity contribution in [3.63, 3.8) is 0 Å². The number of ether oxygens (including phenoxy) is 1. The average molecular weight is 506 g/mol. The topological polar surface area (TPSA) is 97.5 Å². The predicted molar refractivity (Wildman–Crippen MR) is 138 cm³/mol. The highest BCUT2D eigenvalue weighted by molar-refractivity contribution is 6.30. The van der Waals surface area contributed by atoms with Crippen LogP contribution in [0.3, 0.4) is 0 Å². The van der Waals surface area contributed by atoms with E-state index in [0.29, 0.717) is 35.6 Å². The highest BCUT2D eigenvalue weighted by atomic mass is 35.5. The number of hydrogen-bond acceptors (Lipinski definition) is 6. The summed E-state index contributed by atoms with van der Waals surface area (Å²) in [4.78, 5) is 15.3. The first kappa shape index (κ1) is 25.4. The molecule has 0 radical (unpaired) electrons. The fourth-order valence-corrected chi connectivity index (χ4v) is 3.99. The third-order valence-corrected chi connectivity index (χ3v) is 5.80. The van der Waals surface area contributed by atoms with Gasteiger partial charge in [0.15, 0.2) is 0 Å². The molecule has 1 aromatic heterocycles. The molecule has 1 atom stereocenters. The summed E-state index contributed by atoms with van der Waals surface area (Å²) in [5, 5.41) is 16.6. The van der Waals surface area contributed by atoms with E-state index in [1.165, 1.54) is 5.56 Å². The summed E-state index contributed by atoms with van der Waals surface area (Å²) in [5.41, 5.74) is 3.83. The van der Waals surface area contributed by atoms with Crippen molar-refractivity contribution in [1.29, 1.82) is 0 Å². The Hall–Kier alpha value is -3.68. The summed E-state index contributed by atoms with van der Waals surface area (Å²) in [6.07, 6.45) is 1.47. The van der Waals surface area contributed by atoms with Gasteiger partial charge in [0.05, 0.1) is 6.42 Å². The molecule has 0 fully saturated rings. The lowest BCUT2D eigenvalue weighted by atomic mass is 10.1. The van der Waals surface area contributed by atoms with Crippen LogP contribution in [-0.2, 0) is 17.8 Å². The van der Waals surface area contributed by atoms with Crippen LogP contribution in [0.5, 0.6) is 5.75 Å². The number of aromatic nitrogens is 2. The van der Waals surface area contributed by atoms with Gasteiger partial charge in [-0.25, -0.2) is 0 Å². The van der Waals surface area contributed by atoms with E-state index in [1.54, 1.807) is 6.07 Å². The molecule has 0 aliphatic heterocycles. The zero-order valence-corrected chi connectivity index (χ0v) is 20.7. The molecule has 3 aromatic carbocycles. The van der Waals surface area contributed by atoms with Crippen LogP contribution in [0, 0.1) is 0 Å². The zero-order chi connectivity index (χ0) is 25.3. The standard InChI is InChI=1S/C28H28ClN3O4/c1-2-5-19-6-3-9-24(16-19)35-26(22-7-4-8-23(29)17-22)28-31-27(32-36-28)21-12-10-20(11-13-21)18-30-15-14-25(33)34/h3-4,6-13,16-17,26,30H,2,5,14-15,18H2,1H3,(H,33,34). The molecule has 186 valence electrons. The first-order chi connectivity index (χ1) is 17.5. The monoisotopic (exact) mass is 505 g/mol. The van der Waals surface area contributed by atoms with Crippen LogP contribution in [0.2, 0.25) is 5.02 Å². The molecule has 0 spiro atoms. The molecule has 4 aromatic rings. The molecule has 4 rings (SSSR count). The minimum absolute atomic E-state index is 0.0858. The second kappa shape index (κ2) is 12.3. The summed E-state index contributed by atoms with van der Waals surface area (Å²) in [6, 6.07) is 23.1. The normalized spacial score (nSPS) is 11.8. The number of carboxylic acids is 1. The molecule has 0 amide bonds. The Kier molecular flexibility index (Phi) is 8.71. The Labute approximate surface area is 215 Å². The molecule has 1 unspecified atom stereocenters. The molecule has 0 aliphatic carbocycles. The van der Waals surface area contributed by atoms with E-state index in [9.17, 15) is 4.79 Å². The fourth-order valence-electron chi connectivity index (χ4n) is 3.79. The van der Waals surface area contributed by atoms with Crippen LogP contribution in [0.1, 0.15) is 48.5 Å². The average Bonchev–Trinajstić information content (AvgIpc) is 3.36. The van der Waals surface area contributed by atoms with Gasteiger partial charge in [0.25, 0.3) is 5.89 Å². The lowest BCUT2D eigenvalue weighted by Gasteiger charge is -2.17. The van der Waals surface area contributed by atoms with Crippen molar-refractivity contribution in [2.75, 3.05) is 6.54 Å². The van der Waals surface area contributed by atoms with Gasteiger partial charge in [0.2, 0.25) is 11.9 Å². The summed E-state index contributed by atoms with van der Waals surface area (Å²) >= 11 is 6.27. The third kappa shape index (κ3) is 6.93. The molecule has 1 heterocycles. The van der Waals surface area contributed by atoms with Gasteiger partial charge >= 0.3 is 5.97 Å². The smallest absolute Gasteiger partial charge is 0.304 e. The Morgan fingerprint density at radius 2 is 1.89 bits per heavy atom. The molecule has 7 nitrogen and oxygen atoms in total. The van der Waals surface area contributed by atoms with Crippen LogP contribution in [-0.4, -0.2) is 27.8 Å². The number of carboxylic acid groups (broad SMARTS) is 1. The molecular formula is C28H28ClN3O4. The number of nitrogens with zero attached hydrogens (tertiary/aromatic N) is 2. The van der Waals surface area contributed by atoms with E-state index in [0.717, 1.165) is 29.5 Å². The lowest BCUT2D eigenvalue weighted by molar-refractivity contribution is -0.136. The number of carbonyl (C=O) groups is 1. The minimum atomic E-state index is -0.820. The van der Waals surface area contributed by atoms with Gasteiger partial charge in [-0.1, -0.05) is 78.6 Å². The van der Waals surface area contributed by atoms with Crippen molar-refractivity contribution in [2.45, 2.75) is 38.8 Å². The number of aryl methyl sites for hydroxylation is 1. The number of hydrogen-bond donors (Lipinski definition) is 2. The quantitative estimate of drug-likeness (QED) is 0.225. The van der Waals surface area contributed by atoms with E-state index in [4.69, 9.17) is 26.0 Å². The van der Waals surface area contributed by atoms with E-state index >= 15 is 0 Å². The van der Waals surface area contributed by atoms with Crippen molar-refractivity contribution < 1.29 is 19.2 Å². The Morgan fingerprint density at radius 3 is 2.64 bits per heavy atom. The second-order valence-electron chi connectivity index (χ2n) is 8.42. The molecule has 0 aliphatic rings. The van der Waals surface area contributed by atoms with Crippen LogP contribution >= 0.6 is 11.6 Å². The summed E-state index contributed by atoms with van der Waals surface area (Å²) in [5.74, 6) is 0.670. The van der Waals surface area contributed by atoms with Crippen LogP contribution in [0.4, 0.5) is 0 Å². The number of benzene rings is 3. The van der Waals surface area contributed by atoms with Gasteiger partial charge < -0.3 is 19.7 Å². The van der Waals surface area contributed by atoms with Crippen molar-refractivity contribution in [1.82, 2.24) is 15.5 Å². The second-order valence-corrected chi connectivity index (χ2v) is 8.86. The van der Waals surface area contributed by atoms with Gasteiger partial charge in [-0.05, 0) is 41.8 Å². The maximum atomic E-state index is 10.6. The molecule has 0 saturated heterocycles. The molecule has 0 bridgehead atoms. The van der Waals surface area contributed by atoms with Crippen LogP contribution < -0.4 is 10.1 Å². The van der Waals surface area contributed by atoms with Gasteiger partial charge in [0, 0.05) is 29.2 Å². The SMILES string of the molecule is CCCc1cccc(OC(c2cccc(Cl)c2)c2nc(-c3ccc(CNCCC(=O)O)cc3)no2)c1. The molecular weight excluding hydrogens is 478 g/mol. The molecule has 8 heteroatoms. The third-order valence-electron chi connectivity index (χ3n) is 5.57.